The van der Waals surface area contributed by atoms with E-state index < -0.39 is 0 Å². The van der Waals surface area contributed by atoms with E-state index in [1.807, 2.05) is 0 Å². The van der Waals surface area contributed by atoms with Crippen LogP contribution >= 0.6 is 0 Å². The van der Waals surface area contributed by atoms with E-state index in [0.29, 0.717) is 5.41 Å². The van der Waals surface area contributed by atoms with Crippen LogP contribution in [0.25, 0.3) is 0 Å². The number of nitrogens with one attached hydrogen (secondary N) is 1. The summed E-state index contributed by atoms with van der Waals surface area (Å²) in [7, 11) is 0. The zero-order valence-electron chi connectivity index (χ0n) is 8.52. The molecule has 0 amide bonds. The Kier molecular flexibility index (Phi) is 2.89. The average Bonchev–Trinajstić information content (AvgIpc) is 2.97. The van der Waals surface area contributed by atoms with Gasteiger partial charge in [0.15, 0.2) is 0 Å². The van der Waals surface area contributed by atoms with Crippen molar-refractivity contribution in [3.8, 4) is 0 Å². The van der Waals surface area contributed by atoms with Crippen LogP contribution in [0.15, 0.2) is 0 Å². The van der Waals surface area contributed by atoms with E-state index in [4.69, 9.17) is 5.73 Å². The van der Waals surface area contributed by atoms with Gasteiger partial charge in [-0.2, -0.15) is 0 Å². The summed E-state index contributed by atoms with van der Waals surface area (Å²) >= 11 is 0. The molecule has 0 heterocycles. The van der Waals surface area contributed by atoms with Gasteiger partial charge < -0.3 is 11.1 Å². The zero-order chi connectivity index (χ0) is 9.15. The summed E-state index contributed by atoms with van der Waals surface area (Å²) in [5.74, 6) is 0. The van der Waals surface area contributed by atoms with Gasteiger partial charge in [0.2, 0.25) is 0 Å². The van der Waals surface area contributed by atoms with Gasteiger partial charge in [0, 0.05) is 12.6 Å². The van der Waals surface area contributed by atoms with Gasteiger partial charge in [-0.15, -0.1) is 0 Å². The van der Waals surface area contributed by atoms with E-state index in [0.717, 1.165) is 12.6 Å². The topological polar surface area (TPSA) is 38.0 Å². The fourth-order valence-corrected chi connectivity index (χ4v) is 2.30. The Hall–Kier alpha value is -0.0800. The molecule has 2 aliphatic carbocycles. The minimum atomic E-state index is 0.511. The van der Waals surface area contributed by atoms with E-state index in [1.165, 1.54) is 51.5 Å². The summed E-state index contributed by atoms with van der Waals surface area (Å²) < 4.78 is 0. The Morgan fingerprint density at radius 2 is 1.85 bits per heavy atom. The monoisotopic (exact) mass is 182 g/mol. The van der Waals surface area contributed by atoms with Crippen molar-refractivity contribution in [3.63, 3.8) is 0 Å². The van der Waals surface area contributed by atoms with Gasteiger partial charge in [-0.3, -0.25) is 0 Å². The highest BCUT2D eigenvalue weighted by molar-refractivity contribution is 4.96. The van der Waals surface area contributed by atoms with Gasteiger partial charge in [0.1, 0.15) is 0 Å². The molecular formula is C11H22N2. The summed E-state index contributed by atoms with van der Waals surface area (Å²) in [5, 5.41) is 3.70. The Bertz CT molecular complexity index is 157. The van der Waals surface area contributed by atoms with Crippen molar-refractivity contribution in [1.29, 1.82) is 0 Å². The lowest BCUT2D eigenvalue weighted by Crippen LogP contribution is -2.37. The molecule has 2 fully saturated rings. The second-order valence-corrected chi connectivity index (χ2v) is 4.92. The lowest BCUT2D eigenvalue weighted by molar-refractivity contribution is 0.340. The van der Waals surface area contributed by atoms with E-state index in [2.05, 4.69) is 5.32 Å². The van der Waals surface area contributed by atoms with Crippen molar-refractivity contribution in [2.45, 2.75) is 51.0 Å². The molecular weight excluding hydrogens is 160 g/mol. The lowest BCUT2D eigenvalue weighted by atomic mass is 9.95. The number of nitrogens with two attached hydrogens (primary N) is 1. The molecule has 0 aromatic carbocycles. The van der Waals surface area contributed by atoms with Crippen LogP contribution in [0.3, 0.4) is 0 Å². The summed E-state index contributed by atoms with van der Waals surface area (Å²) in [6.07, 6.45) is 9.77. The van der Waals surface area contributed by atoms with Crippen LogP contribution < -0.4 is 11.1 Å². The maximum absolute atomic E-state index is 5.74. The van der Waals surface area contributed by atoms with E-state index >= 15 is 0 Å². The van der Waals surface area contributed by atoms with Crippen LogP contribution in [0.4, 0.5) is 0 Å². The van der Waals surface area contributed by atoms with Crippen molar-refractivity contribution >= 4 is 0 Å². The third kappa shape index (κ3) is 2.44. The van der Waals surface area contributed by atoms with Crippen LogP contribution in [0.5, 0.6) is 0 Å². The molecule has 2 rings (SSSR count). The van der Waals surface area contributed by atoms with Crippen molar-refractivity contribution in [2.75, 3.05) is 13.1 Å². The summed E-state index contributed by atoms with van der Waals surface area (Å²) in [4.78, 5) is 0. The molecule has 2 aliphatic rings. The van der Waals surface area contributed by atoms with Crippen LogP contribution in [0.1, 0.15) is 44.9 Å². The van der Waals surface area contributed by atoms with Crippen molar-refractivity contribution in [2.24, 2.45) is 11.1 Å². The molecule has 0 saturated heterocycles. The van der Waals surface area contributed by atoms with E-state index in [1.54, 1.807) is 0 Å². The summed E-state index contributed by atoms with van der Waals surface area (Å²) in [5.41, 5.74) is 6.26. The van der Waals surface area contributed by atoms with Gasteiger partial charge in [-0.25, -0.2) is 0 Å². The first-order chi connectivity index (χ1) is 6.35. The van der Waals surface area contributed by atoms with E-state index in [-0.39, 0.29) is 0 Å². The van der Waals surface area contributed by atoms with Crippen LogP contribution in [0, 0.1) is 5.41 Å². The molecule has 0 atom stereocenters. The largest absolute Gasteiger partial charge is 0.330 e. The molecule has 3 N–H and O–H groups in total. The van der Waals surface area contributed by atoms with Gasteiger partial charge in [-0.05, 0) is 37.6 Å². The first-order valence-electron chi connectivity index (χ1n) is 5.78. The quantitative estimate of drug-likeness (QED) is 0.694. The molecule has 0 aliphatic heterocycles. The van der Waals surface area contributed by atoms with Crippen molar-refractivity contribution in [1.82, 2.24) is 5.32 Å². The maximum atomic E-state index is 5.74. The average molecular weight is 182 g/mol. The van der Waals surface area contributed by atoms with Crippen molar-refractivity contribution < 1.29 is 0 Å². The highest BCUT2D eigenvalue weighted by Gasteiger charge is 2.41. The highest BCUT2D eigenvalue weighted by Crippen LogP contribution is 2.43. The van der Waals surface area contributed by atoms with Crippen LogP contribution in [0.2, 0.25) is 0 Å². The SMILES string of the molecule is NCC1(CNC2CCCCC2)CC1. The number of rotatable bonds is 4. The molecule has 0 aromatic rings. The Morgan fingerprint density at radius 3 is 2.38 bits per heavy atom. The fourth-order valence-electron chi connectivity index (χ4n) is 2.30. The van der Waals surface area contributed by atoms with Crippen LogP contribution in [-0.2, 0) is 0 Å². The molecule has 2 saturated carbocycles. The Morgan fingerprint density at radius 1 is 1.15 bits per heavy atom. The summed E-state index contributed by atoms with van der Waals surface area (Å²) in [6.45, 7) is 2.06. The van der Waals surface area contributed by atoms with Gasteiger partial charge in [0.25, 0.3) is 0 Å². The molecule has 2 nitrogen and oxygen atoms in total. The number of hydrogen-bond acceptors (Lipinski definition) is 2. The summed E-state index contributed by atoms with van der Waals surface area (Å²) in [6, 6.07) is 0.803. The Balaban J connectivity index is 1.66. The zero-order valence-corrected chi connectivity index (χ0v) is 8.52. The molecule has 2 heteroatoms. The third-order valence-corrected chi connectivity index (χ3v) is 3.76. The van der Waals surface area contributed by atoms with Crippen molar-refractivity contribution in [3.05, 3.63) is 0 Å². The standard InChI is InChI=1S/C11H22N2/c12-8-11(6-7-11)9-13-10-4-2-1-3-5-10/h10,13H,1-9,12H2. The maximum Gasteiger partial charge on any atom is 0.00673 e. The normalized spacial score (nSPS) is 27.5. The highest BCUT2D eigenvalue weighted by atomic mass is 14.9. The number of hydrogen-bond donors (Lipinski definition) is 2. The molecule has 0 unspecified atom stereocenters. The molecule has 0 spiro atoms. The fraction of sp³-hybridized carbons (Fsp3) is 1.00. The first kappa shape index (κ1) is 9.47. The van der Waals surface area contributed by atoms with Crippen LogP contribution in [-0.4, -0.2) is 19.1 Å². The Labute approximate surface area is 81.3 Å². The second kappa shape index (κ2) is 3.97. The third-order valence-electron chi connectivity index (χ3n) is 3.76. The van der Waals surface area contributed by atoms with Gasteiger partial charge in [0.05, 0.1) is 0 Å². The van der Waals surface area contributed by atoms with Gasteiger partial charge >= 0.3 is 0 Å². The lowest BCUT2D eigenvalue weighted by Gasteiger charge is -2.25. The smallest absolute Gasteiger partial charge is 0.00673 e. The molecule has 76 valence electrons. The first-order valence-corrected chi connectivity index (χ1v) is 5.78. The predicted molar refractivity (Wildman–Crippen MR) is 55.6 cm³/mol. The minimum absolute atomic E-state index is 0.511. The predicted octanol–water partition coefficient (Wildman–Crippen LogP) is 1.65. The molecule has 0 bridgehead atoms. The molecule has 13 heavy (non-hydrogen) atoms. The molecule has 0 aromatic heterocycles. The van der Waals surface area contributed by atoms with E-state index in [9.17, 15) is 0 Å². The van der Waals surface area contributed by atoms with Gasteiger partial charge in [-0.1, -0.05) is 19.3 Å². The minimum Gasteiger partial charge on any atom is -0.330 e. The second-order valence-electron chi connectivity index (χ2n) is 4.92. The molecule has 0 radical (unpaired) electrons.